The van der Waals surface area contributed by atoms with E-state index >= 15 is 0 Å². The van der Waals surface area contributed by atoms with Crippen LogP contribution in [0, 0.1) is 0 Å². The second-order valence-corrected chi connectivity index (χ2v) is 6.38. The third kappa shape index (κ3) is 4.89. The van der Waals surface area contributed by atoms with Gasteiger partial charge in [-0.3, -0.25) is 0 Å². The highest BCUT2D eigenvalue weighted by Crippen LogP contribution is 2.24. The van der Waals surface area contributed by atoms with Crippen LogP contribution < -0.4 is 10.1 Å². The van der Waals surface area contributed by atoms with Crippen LogP contribution in [0.4, 0.5) is 5.69 Å². The molecular weight excluding hydrogens is 380 g/mol. The average Bonchev–Trinajstić information content (AvgIpc) is 2.67. The van der Waals surface area contributed by atoms with Crippen LogP contribution in [-0.2, 0) is 23.8 Å². The predicted molar refractivity (Wildman–Crippen MR) is 100 cm³/mol. The van der Waals surface area contributed by atoms with Gasteiger partial charge in [0.05, 0.1) is 12.7 Å². The second kappa shape index (κ2) is 8.01. The van der Waals surface area contributed by atoms with Gasteiger partial charge in [-0.25, -0.2) is 19.4 Å². The number of cyclic esters (lactones) is 2. The molecule has 0 atom stereocenters. The molecule has 9 heteroatoms. The van der Waals surface area contributed by atoms with E-state index in [1.54, 1.807) is 24.3 Å². The molecule has 3 rings (SSSR count). The van der Waals surface area contributed by atoms with Crippen molar-refractivity contribution in [2.24, 2.45) is 0 Å². The Morgan fingerprint density at radius 1 is 1.10 bits per heavy atom. The van der Waals surface area contributed by atoms with Gasteiger partial charge >= 0.3 is 17.9 Å². The largest absolute Gasteiger partial charge is 0.465 e. The van der Waals surface area contributed by atoms with Crippen LogP contribution in [-0.4, -0.2) is 35.8 Å². The molecule has 2 aromatic rings. The molecule has 0 aliphatic carbocycles. The van der Waals surface area contributed by atoms with Gasteiger partial charge in [0, 0.05) is 38.0 Å². The third-order valence-electron chi connectivity index (χ3n) is 3.73. The number of hydrogen-bond donors (Lipinski definition) is 1. The lowest BCUT2D eigenvalue weighted by atomic mass is 10.2. The smallest absolute Gasteiger partial charge is 0.350 e. The van der Waals surface area contributed by atoms with E-state index in [4.69, 9.17) is 14.2 Å². The fraction of sp³-hybridized carbons (Fsp3) is 0.200. The zero-order chi connectivity index (χ0) is 21.0. The second-order valence-electron chi connectivity index (χ2n) is 6.38. The van der Waals surface area contributed by atoms with Crippen molar-refractivity contribution in [3.05, 3.63) is 59.9 Å². The van der Waals surface area contributed by atoms with Gasteiger partial charge in [-0.05, 0) is 30.3 Å². The van der Waals surface area contributed by atoms with E-state index in [2.05, 4.69) is 15.0 Å². The number of hydrogen-bond acceptors (Lipinski definition) is 9. The topological polar surface area (TPSA) is 113 Å². The monoisotopic (exact) mass is 398 g/mol. The summed E-state index contributed by atoms with van der Waals surface area (Å²) < 4.78 is 20.3. The number of rotatable bonds is 5. The summed E-state index contributed by atoms with van der Waals surface area (Å²) in [5, 5.41) is 2.83. The van der Waals surface area contributed by atoms with Crippen LogP contribution >= 0.6 is 0 Å². The van der Waals surface area contributed by atoms with Crippen molar-refractivity contribution in [1.29, 1.82) is 0 Å². The number of ether oxygens (including phenoxy) is 4. The standard InChI is InChI=1S/C20H18N2O7/c1-20(2)28-18(24)15(19(25)29-20)11-22-13-4-6-14(7-5-13)27-16-10-12(8-9-21-16)17(23)26-3/h4-11,22H,1-3H3. The van der Waals surface area contributed by atoms with E-state index in [0.717, 1.165) is 0 Å². The van der Waals surface area contributed by atoms with Crippen molar-refractivity contribution in [1.82, 2.24) is 4.98 Å². The van der Waals surface area contributed by atoms with E-state index in [9.17, 15) is 14.4 Å². The molecule has 0 spiro atoms. The molecule has 150 valence electrons. The molecule has 0 bridgehead atoms. The van der Waals surface area contributed by atoms with Crippen molar-refractivity contribution in [3.8, 4) is 11.6 Å². The molecule has 1 aromatic carbocycles. The molecule has 1 N–H and O–H groups in total. The fourth-order valence-electron chi connectivity index (χ4n) is 2.38. The molecule has 1 aliphatic heterocycles. The van der Waals surface area contributed by atoms with Crippen molar-refractivity contribution in [2.75, 3.05) is 12.4 Å². The Morgan fingerprint density at radius 3 is 2.38 bits per heavy atom. The molecule has 1 saturated heterocycles. The Hall–Kier alpha value is -3.88. The number of pyridine rings is 1. The van der Waals surface area contributed by atoms with Crippen molar-refractivity contribution in [3.63, 3.8) is 0 Å². The maximum atomic E-state index is 11.9. The Kier molecular flexibility index (Phi) is 5.49. The highest BCUT2D eigenvalue weighted by molar-refractivity contribution is 6.15. The van der Waals surface area contributed by atoms with Gasteiger partial charge in [0.1, 0.15) is 5.75 Å². The van der Waals surface area contributed by atoms with Gasteiger partial charge in [-0.15, -0.1) is 0 Å². The van der Waals surface area contributed by atoms with Gasteiger partial charge < -0.3 is 24.3 Å². The number of carbonyl (C=O) groups excluding carboxylic acids is 3. The van der Waals surface area contributed by atoms with Crippen LogP contribution in [0.3, 0.4) is 0 Å². The molecule has 0 radical (unpaired) electrons. The Labute approximate surface area is 166 Å². The molecule has 0 saturated carbocycles. The molecular formula is C20H18N2O7. The van der Waals surface area contributed by atoms with Crippen LogP contribution in [0.15, 0.2) is 54.4 Å². The maximum Gasteiger partial charge on any atom is 0.350 e. The third-order valence-corrected chi connectivity index (χ3v) is 3.73. The summed E-state index contributed by atoms with van der Waals surface area (Å²) >= 11 is 0. The number of esters is 3. The Bertz CT molecular complexity index is 959. The zero-order valence-corrected chi connectivity index (χ0v) is 15.9. The predicted octanol–water partition coefficient (Wildman–Crippen LogP) is 2.79. The SMILES string of the molecule is COC(=O)c1ccnc(Oc2ccc(NC=C3C(=O)OC(C)(C)OC3=O)cc2)c1. The minimum atomic E-state index is -1.29. The van der Waals surface area contributed by atoms with E-state index in [0.29, 0.717) is 17.0 Å². The first-order valence-electron chi connectivity index (χ1n) is 8.53. The van der Waals surface area contributed by atoms with E-state index in [1.165, 1.54) is 45.5 Å². The minimum Gasteiger partial charge on any atom is -0.465 e. The van der Waals surface area contributed by atoms with Gasteiger partial charge in [0.25, 0.3) is 5.79 Å². The minimum absolute atomic E-state index is 0.228. The van der Waals surface area contributed by atoms with Crippen LogP contribution in [0.25, 0.3) is 0 Å². The molecule has 1 aromatic heterocycles. The number of nitrogens with one attached hydrogen (secondary N) is 1. The molecule has 0 unspecified atom stereocenters. The van der Waals surface area contributed by atoms with Crippen molar-refractivity contribution < 1.29 is 33.3 Å². The lowest BCUT2D eigenvalue weighted by Gasteiger charge is -2.29. The number of methoxy groups -OCH3 is 1. The number of anilines is 1. The molecule has 9 nitrogen and oxygen atoms in total. The fourth-order valence-corrected chi connectivity index (χ4v) is 2.38. The van der Waals surface area contributed by atoms with E-state index < -0.39 is 23.7 Å². The van der Waals surface area contributed by atoms with E-state index in [1.807, 2.05) is 0 Å². The summed E-state index contributed by atoms with van der Waals surface area (Å²) in [6.45, 7) is 2.95. The summed E-state index contributed by atoms with van der Waals surface area (Å²) in [4.78, 5) is 39.4. The summed E-state index contributed by atoms with van der Waals surface area (Å²) in [6, 6.07) is 9.60. The molecule has 29 heavy (non-hydrogen) atoms. The summed E-state index contributed by atoms with van der Waals surface area (Å²) in [5.41, 5.74) is 0.664. The number of carbonyl (C=O) groups is 3. The lowest BCUT2D eigenvalue weighted by molar-refractivity contribution is -0.222. The molecule has 0 amide bonds. The molecule has 1 fully saturated rings. The van der Waals surface area contributed by atoms with Gasteiger partial charge in [0.15, 0.2) is 5.57 Å². The first-order valence-corrected chi connectivity index (χ1v) is 8.53. The highest BCUT2D eigenvalue weighted by Gasteiger charge is 2.38. The highest BCUT2D eigenvalue weighted by atomic mass is 16.7. The summed E-state index contributed by atoms with van der Waals surface area (Å²) in [6.07, 6.45) is 2.66. The molecule has 1 aliphatic rings. The van der Waals surface area contributed by atoms with Gasteiger partial charge in [0.2, 0.25) is 5.88 Å². The normalized spacial score (nSPS) is 15.1. The Balaban J connectivity index is 1.66. The summed E-state index contributed by atoms with van der Waals surface area (Å²) in [7, 11) is 1.29. The van der Waals surface area contributed by atoms with Crippen LogP contribution in [0.5, 0.6) is 11.6 Å². The first kappa shape index (κ1) is 19.9. The van der Waals surface area contributed by atoms with E-state index in [-0.39, 0.29) is 11.5 Å². The number of aromatic nitrogens is 1. The first-order chi connectivity index (χ1) is 13.8. The average molecular weight is 398 g/mol. The number of nitrogens with zero attached hydrogens (tertiary/aromatic N) is 1. The number of benzene rings is 1. The van der Waals surface area contributed by atoms with Crippen LogP contribution in [0.2, 0.25) is 0 Å². The Morgan fingerprint density at radius 2 is 1.76 bits per heavy atom. The maximum absolute atomic E-state index is 11.9. The molecule has 2 heterocycles. The summed E-state index contributed by atoms with van der Waals surface area (Å²) in [5.74, 6) is -2.62. The van der Waals surface area contributed by atoms with Crippen molar-refractivity contribution in [2.45, 2.75) is 19.6 Å². The van der Waals surface area contributed by atoms with Crippen LogP contribution in [0.1, 0.15) is 24.2 Å². The lowest BCUT2D eigenvalue weighted by Crippen LogP contribution is -2.42. The van der Waals surface area contributed by atoms with Gasteiger partial charge in [-0.2, -0.15) is 0 Å². The van der Waals surface area contributed by atoms with Crippen molar-refractivity contribution >= 4 is 23.6 Å². The zero-order valence-electron chi connectivity index (χ0n) is 15.9. The quantitative estimate of drug-likeness (QED) is 0.461. The van der Waals surface area contributed by atoms with Gasteiger partial charge in [-0.1, -0.05) is 0 Å².